The summed E-state index contributed by atoms with van der Waals surface area (Å²) in [5.41, 5.74) is 0.340. The summed E-state index contributed by atoms with van der Waals surface area (Å²) in [6.45, 7) is 6.28. The molecule has 21 heteroatoms. The molecule has 1 saturated heterocycles. The zero-order valence-corrected chi connectivity index (χ0v) is 35.4. The number of likely N-dealkylation sites (N-methyl/N-ethyl adjacent to an activating group) is 1. The molecule has 0 radical (unpaired) electrons. The molecular weight excluding hydrogens is 806 g/mol. The van der Waals surface area contributed by atoms with Crippen LogP contribution >= 0.6 is 0 Å². The first-order valence-corrected chi connectivity index (χ1v) is 19.1. The Kier molecular flexibility index (Phi) is 21.9. The van der Waals surface area contributed by atoms with E-state index in [2.05, 4.69) is 37.3 Å². The van der Waals surface area contributed by atoms with Gasteiger partial charge in [0.2, 0.25) is 0 Å². The number of nitrogens with one attached hydrogen (secondary N) is 1. The van der Waals surface area contributed by atoms with Crippen LogP contribution in [0.1, 0.15) is 63.5 Å². The Bertz CT molecular complexity index is 1780. The third-order valence-corrected chi connectivity index (χ3v) is 10.2. The van der Waals surface area contributed by atoms with Crippen LogP contribution in [0.15, 0.2) is 42.5 Å². The predicted molar refractivity (Wildman–Crippen MR) is 216 cm³/mol. The van der Waals surface area contributed by atoms with Crippen molar-refractivity contribution in [2.75, 3.05) is 67.8 Å². The minimum atomic E-state index is -2.74. The second-order valence-electron chi connectivity index (χ2n) is 14.8. The molecule has 1 aliphatic rings. The van der Waals surface area contributed by atoms with Crippen LogP contribution in [-0.4, -0.2) is 144 Å². The second-order valence-corrected chi connectivity index (χ2v) is 14.8. The molecule has 1 aliphatic heterocycles. The van der Waals surface area contributed by atoms with Crippen molar-refractivity contribution in [3.63, 3.8) is 0 Å². The SMILES string of the molecule is COCC(=O)NN1CCC(CO[N+](=O)[O-])(Oc2ccccc2CCN(C)CCCC(C#N)(c2ccc(OC)c(OC)c2)C(C)C)CC1.O.O=C(O)CC(O)(CC(=O)O)C(=O)O. The van der Waals surface area contributed by atoms with E-state index in [4.69, 9.17) is 44.2 Å². The van der Waals surface area contributed by atoms with Gasteiger partial charge in [-0.2, -0.15) is 5.26 Å². The molecule has 61 heavy (non-hydrogen) atoms. The highest BCUT2D eigenvalue weighted by Crippen LogP contribution is 2.40. The molecular formula is C40H59N5O16. The molecule has 1 fully saturated rings. The van der Waals surface area contributed by atoms with E-state index in [1.54, 1.807) is 19.2 Å². The molecule has 7 N–H and O–H groups in total. The van der Waals surface area contributed by atoms with Crippen LogP contribution in [0.2, 0.25) is 0 Å². The predicted octanol–water partition coefficient (Wildman–Crippen LogP) is 2.10. The minimum Gasteiger partial charge on any atom is -0.493 e. The quantitative estimate of drug-likeness (QED) is 0.0745. The molecule has 1 atom stereocenters. The lowest BCUT2D eigenvalue weighted by molar-refractivity contribution is -0.760. The van der Waals surface area contributed by atoms with Crippen LogP contribution in [0, 0.1) is 27.4 Å². The number of hydrogen-bond acceptors (Lipinski definition) is 15. The third-order valence-electron chi connectivity index (χ3n) is 10.2. The van der Waals surface area contributed by atoms with Crippen molar-refractivity contribution in [1.82, 2.24) is 15.3 Å². The summed E-state index contributed by atoms with van der Waals surface area (Å²) in [6, 6.07) is 16.0. The topological polar surface area (TPSA) is 312 Å². The number of para-hydroxylation sites is 1. The zero-order valence-electron chi connectivity index (χ0n) is 35.4. The van der Waals surface area contributed by atoms with Crippen LogP contribution < -0.4 is 19.6 Å². The zero-order chi connectivity index (χ0) is 45.1. The van der Waals surface area contributed by atoms with Gasteiger partial charge < -0.3 is 54.6 Å². The van der Waals surface area contributed by atoms with Gasteiger partial charge in [0.05, 0.1) is 38.5 Å². The number of amides is 1. The van der Waals surface area contributed by atoms with Gasteiger partial charge in [-0.3, -0.25) is 19.8 Å². The Morgan fingerprint density at radius 2 is 1.59 bits per heavy atom. The number of carboxylic acids is 3. The number of ether oxygens (including phenoxy) is 4. The first kappa shape index (κ1) is 53.2. The molecule has 2 aromatic rings. The number of aliphatic hydroxyl groups is 1. The van der Waals surface area contributed by atoms with Gasteiger partial charge in [-0.05, 0) is 68.1 Å². The summed E-state index contributed by atoms with van der Waals surface area (Å²) in [4.78, 5) is 60.6. The maximum atomic E-state index is 12.0. The fourth-order valence-corrected chi connectivity index (χ4v) is 6.75. The third kappa shape index (κ3) is 16.3. The molecule has 21 nitrogen and oxygen atoms in total. The number of aliphatic carboxylic acids is 3. The number of hydrazine groups is 1. The van der Waals surface area contributed by atoms with Gasteiger partial charge in [0.1, 0.15) is 24.6 Å². The van der Waals surface area contributed by atoms with E-state index < -0.39 is 52.5 Å². The summed E-state index contributed by atoms with van der Waals surface area (Å²) in [7, 11) is 6.70. The standard InChI is InChI=1S/C34H49N5O8.C6H8O7.H2O/c1-26(2)34(24-35,28-12-13-30(44-5)31(22-28)45-6)15-9-18-37(3)19-14-27-10-7-8-11-29(27)47-33(25-46-39(41)42)16-20-38(21-17-33)36-32(40)23-43-4;7-3(8)1-6(13,5(11)12)2-4(9)10;/h7-8,10-13,22,26H,9,14-21,23,25H2,1-6H3,(H,36,40);13H,1-2H2,(H,7,8)(H,9,10)(H,11,12);1H2. The van der Waals surface area contributed by atoms with Crippen LogP contribution in [0.5, 0.6) is 17.2 Å². The lowest BCUT2D eigenvalue weighted by Gasteiger charge is -2.41. The number of nitrogens with zero attached hydrogens (tertiary/aromatic N) is 4. The Morgan fingerprint density at radius 3 is 2.10 bits per heavy atom. The van der Waals surface area contributed by atoms with Gasteiger partial charge >= 0.3 is 17.9 Å². The highest BCUT2D eigenvalue weighted by molar-refractivity contribution is 5.88. The largest absolute Gasteiger partial charge is 0.493 e. The molecule has 0 bridgehead atoms. The number of rotatable bonds is 24. The number of carboxylic acid groups (broad SMARTS) is 3. The number of carbonyl (C=O) groups is 4. The number of hydrogen-bond donors (Lipinski definition) is 5. The Labute approximate surface area is 354 Å². The maximum Gasteiger partial charge on any atom is 0.336 e. The molecule has 0 aromatic heterocycles. The van der Waals surface area contributed by atoms with Crippen LogP contribution in [0.25, 0.3) is 0 Å². The van der Waals surface area contributed by atoms with E-state index in [0.29, 0.717) is 56.0 Å². The van der Waals surface area contributed by atoms with Gasteiger partial charge in [0, 0.05) is 39.6 Å². The average molecular weight is 866 g/mol. The van der Waals surface area contributed by atoms with Crippen LogP contribution in [-0.2, 0) is 40.6 Å². The maximum absolute atomic E-state index is 12.0. The van der Waals surface area contributed by atoms with E-state index in [-0.39, 0.29) is 30.5 Å². The first-order chi connectivity index (χ1) is 28.3. The van der Waals surface area contributed by atoms with Gasteiger partial charge in [0.15, 0.2) is 17.1 Å². The van der Waals surface area contributed by atoms with Crippen molar-refractivity contribution < 1.29 is 74.0 Å². The van der Waals surface area contributed by atoms with E-state index in [0.717, 1.165) is 30.6 Å². The molecule has 3 rings (SSSR count). The minimum absolute atomic E-state index is 0. The Morgan fingerprint density at radius 1 is 0.984 bits per heavy atom. The summed E-state index contributed by atoms with van der Waals surface area (Å²) in [5, 5.41) is 56.3. The highest BCUT2D eigenvalue weighted by atomic mass is 17.0. The van der Waals surface area contributed by atoms with Crippen LogP contribution in [0.3, 0.4) is 0 Å². The molecule has 0 spiro atoms. The molecule has 2 aromatic carbocycles. The molecule has 1 heterocycles. The van der Waals surface area contributed by atoms with E-state index >= 15 is 0 Å². The molecule has 0 aliphatic carbocycles. The Hall–Kier alpha value is -5.79. The van der Waals surface area contributed by atoms with E-state index in [1.807, 2.05) is 42.5 Å². The van der Waals surface area contributed by atoms with Crippen LogP contribution in [0.4, 0.5) is 0 Å². The number of nitriles is 1. The van der Waals surface area contributed by atoms with E-state index in [1.165, 1.54) is 7.11 Å². The monoisotopic (exact) mass is 865 g/mol. The smallest absolute Gasteiger partial charge is 0.336 e. The summed E-state index contributed by atoms with van der Waals surface area (Å²) < 4.78 is 22.3. The average Bonchev–Trinajstić information content (AvgIpc) is 3.18. The lowest BCUT2D eigenvalue weighted by Crippen LogP contribution is -2.56. The van der Waals surface area contributed by atoms with Gasteiger partial charge in [-0.15, -0.1) is 10.1 Å². The fraction of sp³-hybridized carbons (Fsp3) is 0.575. The molecule has 1 amide bonds. The first-order valence-electron chi connectivity index (χ1n) is 19.1. The van der Waals surface area contributed by atoms with Gasteiger partial charge in [-0.25, -0.2) is 9.80 Å². The summed E-state index contributed by atoms with van der Waals surface area (Å²) in [6.07, 6.45) is 0.735. The molecule has 340 valence electrons. The van der Waals surface area contributed by atoms with Crippen molar-refractivity contribution in [1.29, 1.82) is 5.26 Å². The second kappa shape index (κ2) is 25.1. The highest BCUT2D eigenvalue weighted by Gasteiger charge is 2.41. The lowest BCUT2D eigenvalue weighted by atomic mass is 9.69. The van der Waals surface area contributed by atoms with Crippen molar-refractivity contribution in [2.45, 2.75) is 75.4 Å². The van der Waals surface area contributed by atoms with Crippen molar-refractivity contribution in [3.05, 3.63) is 63.7 Å². The molecule has 0 saturated carbocycles. The van der Waals surface area contributed by atoms with E-state index in [9.17, 15) is 34.6 Å². The fourth-order valence-electron chi connectivity index (χ4n) is 6.75. The van der Waals surface area contributed by atoms with Crippen molar-refractivity contribution >= 4 is 23.8 Å². The number of benzene rings is 2. The Balaban J connectivity index is 0.00000114. The number of piperidine rings is 1. The van der Waals surface area contributed by atoms with Gasteiger partial charge in [-0.1, -0.05) is 38.1 Å². The summed E-state index contributed by atoms with van der Waals surface area (Å²) >= 11 is 0. The van der Waals surface area contributed by atoms with Crippen molar-refractivity contribution in [3.8, 4) is 23.3 Å². The van der Waals surface area contributed by atoms with Crippen molar-refractivity contribution in [2.24, 2.45) is 5.92 Å². The number of methoxy groups -OCH3 is 3. The summed E-state index contributed by atoms with van der Waals surface area (Å²) in [5.74, 6) is -3.31. The normalized spacial score (nSPS) is 14.5. The van der Waals surface area contributed by atoms with Gasteiger partial charge in [0.25, 0.3) is 11.0 Å². The molecule has 1 unspecified atom stereocenters. The number of carbonyl (C=O) groups excluding carboxylic acids is 1.